The lowest BCUT2D eigenvalue weighted by atomic mass is 10.2. The minimum atomic E-state index is -0.261. The molecule has 0 spiro atoms. The number of amides is 1. The van der Waals surface area contributed by atoms with Gasteiger partial charge < -0.3 is 15.0 Å². The van der Waals surface area contributed by atoms with Crippen molar-refractivity contribution >= 4 is 17.5 Å². The molecular formula is C14H16N4O2. The molecule has 1 aromatic heterocycles. The number of carbonyl (C=O) groups excluding carboxylic acids is 1. The number of para-hydroxylation sites is 1. The van der Waals surface area contributed by atoms with E-state index < -0.39 is 0 Å². The van der Waals surface area contributed by atoms with Crippen molar-refractivity contribution in [1.82, 2.24) is 9.97 Å². The molecule has 6 heteroatoms. The number of nitrogens with zero attached hydrogens (tertiary/aromatic N) is 3. The SMILES string of the molecule is COc1ccccc1C(=O)Nc1cnc(N(C)C)nc1. The van der Waals surface area contributed by atoms with Crippen LogP contribution in [0.2, 0.25) is 0 Å². The van der Waals surface area contributed by atoms with Crippen LogP contribution in [0.25, 0.3) is 0 Å². The van der Waals surface area contributed by atoms with E-state index in [9.17, 15) is 4.79 Å². The molecule has 0 atom stereocenters. The second-order valence-electron chi connectivity index (χ2n) is 4.32. The Balaban J connectivity index is 2.15. The zero-order valence-corrected chi connectivity index (χ0v) is 11.6. The van der Waals surface area contributed by atoms with Crippen LogP contribution >= 0.6 is 0 Å². The molecule has 1 heterocycles. The number of ether oxygens (including phenoxy) is 1. The standard InChI is InChI=1S/C14H16N4O2/c1-18(2)14-15-8-10(9-16-14)17-13(19)11-6-4-5-7-12(11)20-3/h4-9H,1-3H3,(H,17,19). The molecule has 0 fully saturated rings. The first-order chi connectivity index (χ1) is 9.61. The summed E-state index contributed by atoms with van der Waals surface area (Å²) in [5.74, 6) is 0.847. The van der Waals surface area contributed by atoms with E-state index in [-0.39, 0.29) is 5.91 Å². The first-order valence-corrected chi connectivity index (χ1v) is 6.05. The zero-order valence-electron chi connectivity index (χ0n) is 11.6. The number of hydrogen-bond acceptors (Lipinski definition) is 5. The number of methoxy groups -OCH3 is 1. The molecule has 0 aliphatic rings. The Kier molecular flexibility index (Phi) is 4.14. The van der Waals surface area contributed by atoms with Gasteiger partial charge in [0.15, 0.2) is 0 Å². The highest BCUT2D eigenvalue weighted by Crippen LogP contribution is 2.18. The number of carbonyl (C=O) groups is 1. The van der Waals surface area contributed by atoms with Crippen LogP contribution in [0.15, 0.2) is 36.7 Å². The predicted molar refractivity (Wildman–Crippen MR) is 77.3 cm³/mol. The van der Waals surface area contributed by atoms with Crippen molar-refractivity contribution in [2.75, 3.05) is 31.4 Å². The lowest BCUT2D eigenvalue weighted by molar-refractivity contribution is 0.102. The maximum atomic E-state index is 12.2. The van der Waals surface area contributed by atoms with E-state index in [4.69, 9.17) is 4.74 Å². The van der Waals surface area contributed by atoms with Crippen LogP contribution in [0, 0.1) is 0 Å². The highest BCUT2D eigenvalue weighted by molar-refractivity contribution is 6.06. The summed E-state index contributed by atoms with van der Waals surface area (Å²) in [4.78, 5) is 22.2. The molecule has 0 unspecified atom stereocenters. The van der Waals surface area contributed by atoms with Gasteiger partial charge in [-0.1, -0.05) is 12.1 Å². The smallest absolute Gasteiger partial charge is 0.259 e. The van der Waals surface area contributed by atoms with E-state index in [0.717, 1.165) is 0 Å². The molecule has 0 saturated heterocycles. The third-order valence-corrected chi connectivity index (χ3v) is 2.65. The lowest BCUT2D eigenvalue weighted by Gasteiger charge is -2.11. The second kappa shape index (κ2) is 6.01. The van der Waals surface area contributed by atoms with E-state index in [2.05, 4.69) is 15.3 Å². The monoisotopic (exact) mass is 272 g/mol. The van der Waals surface area contributed by atoms with Gasteiger partial charge in [-0.15, -0.1) is 0 Å². The Morgan fingerprint density at radius 3 is 2.45 bits per heavy atom. The molecule has 0 aliphatic heterocycles. The molecule has 1 N–H and O–H groups in total. The summed E-state index contributed by atoms with van der Waals surface area (Å²) >= 11 is 0. The van der Waals surface area contributed by atoms with Gasteiger partial charge >= 0.3 is 0 Å². The van der Waals surface area contributed by atoms with E-state index in [1.165, 1.54) is 7.11 Å². The average molecular weight is 272 g/mol. The maximum absolute atomic E-state index is 12.2. The summed E-state index contributed by atoms with van der Waals surface area (Å²) in [7, 11) is 5.23. The highest BCUT2D eigenvalue weighted by atomic mass is 16.5. The van der Waals surface area contributed by atoms with Crippen LogP contribution in [0.3, 0.4) is 0 Å². The Morgan fingerprint density at radius 2 is 1.85 bits per heavy atom. The number of anilines is 2. The van der Waals surface area contributed by atoms with E-state index in [1.54, 1.807) is 35.5 Å². The maximum Gasteiger partial charge on any atom is 0.259 e. The summed E-state index contributed by atoms with van der Waals surface area (Å²) in [5, 5.41) is 2.74. The van der Waals surface area contributed by atoms with Gasteiger partial charge in [-0.25, -0.2) is 9.97 Å². The van der Waals surface area contributed by atoms with Crippen molar-refractivity contribution in [3.63, 3.8) is 0 Å². The van der Waals surface area contributed by atoms with Gasteiger partial charge in [0.25, 0.3) is 5.91 Å². The Bertz CT molecular complexity index is 596. The zero-order chi connectivity index (χ0) is 14.5. The third kappa shape index (κ3) is 3.03. The molecule has 0 radical (unpaired) electrons. The molecule has 0 saturated carbocycles. The molecule has 2 rings (SSSR count). The molecule has 104 valence electrons. The van der Waals surface area contributed by atoms with Crippen molar-refractivity contribution in [3.05, 3.63) is 42.2 Å². The number of benzene rings is 1. The van der Waals surface area contributed by atoms with Crippen molar-refractivity contribution in [2.45, 2.75) is 0 Å². The van der Waals surface area contributed by atoms with Gasteiger partial charge in [0.05, 0.1) is 30.8 Å². The topological polar surface area (TPSA) is 67.3 Å². The van der Waals surface area contributed by atoms with Crippen LogP contribution in [0.4, 0.5) is 11.6 Å². The van der Waals surface area contributed by atoms with Crippen LogP contribution in [-0.2, 0) is 0 Å². The van der Waals surface area contributed by atoms with Crippen molar-refractivity contribution in [1.29, 1.82) is 0 Å². The van der Waals surface area contributed by atoms with E-state index >= 15 is 0 Å². The van der Waals surface area contributed by atoms with Crippen molar-refractivity contribution < 1.29 is 9.53 Å². The molecule has 20 heavy (non-hydrogen) atoms. The fourth-order valence-corrected chi connectivity index (χ4v) is 1.65. The molecule has 2 aromatic rings. The number of hydrogen-bond donors (Lipinski definition) is 1. The van der Waals surface area contributed by atoms with Gasteiger partial charge in [0.1, 0.15) is 5.75 Å². The summed E-state index contributed by atoms with van der Waals surface area (Å²) in [6, 6.07) is 7.03. The molecule has 6 nitrogen and oxygen atoms in total. The molecule has 0 bridgehead atoms. The Morgan fingerprint density at radius 1 is 1.20 bits per heavy atom. The van der Waals surface area contributed by atoms with Crippen molar-refractivity contribution in [3.8, 4) is 5.75 Å². The predicted octanol–water partition coefficient (Wildman–Crippen LogP) is 1.80. The molecule has 1 amide bonds. The number of aromatic nitrogens is 2. The largest absolute Gasteiger partial charge is 0.496 e. The fraction of sp³-hybridized carbons (Fsp3) is 0.214. The van der Waals surface area contributed by atoms with Gasteiger partial charge in [-0.05, 0) is 12.1 Å². The lowest BCUT2D eigenvalue weighted by Crippen LogP contribution is -2.15. The van der Waals surface area contributed by atoms with Gasteiger partial charge in [-0.2, -0.15) is 0 Å². The fourth-order valence-electron chi connectivity index (χ4n) is 1.65. The quantitative estimate of drug-likeness (QED) is 0.919. The number of rotatable bonds is 4. The van der Waals surface area contributed by atoms with Crippen LogP contribution in [0.1, 0.15) is 10.4 Å². The minimum absolute atomic E-state index is 0.261. The number of nitrogens with one attached hydrogen (secondary N) is 1. The second-order valence-corrected chi connectivity index (χ2v) is 4.32. The van der Waals surface area contributed by atoms with E-state index in [0.29, 0.717) is 22.9 Å². The van der Waals surface area contributed by atoms with E-state index in [1.807, 2.05) is 20.2 Å². The van der Waals surface area contributed by atoms with Crippen molar-refractivity contribution in [2.24, 2.45) is 0 Å². The highest BCUT2D eigenvalue weighted by Gasteiger charge is 2.12. The average Bonchev–Trinajstić information content (AvgIpc) is 2.47. The van der Waals surface area contributed by atoms with Gasteiger partial charge in [0, 0.05) is 14.1 Å². The third-order valence-electron chi connectivity index (χ3n) is 2.65. The summed E-state index contributed by atoms with van der Waals surface area (Å²) in [6.45, 7) is 0. The summed E-state index contributed by atoms with van der Waals surface area (Å²) in [6.07, 6.45) is 3.13. The summed E-state index contributed by atoms with van der Waals surface area (Å²) < 4.78 is 5.16. The normalized spacial score (nSPS) is 9.95. The first-order valence-electron chi connectivity index (χ1n) is 6.05. The van der Waals surface area contributed by atoms with Gasteiger partial charge in [-0.3, -0.25) is 4.79 Å². The summed E-state index contributed by atoms with van der Waals surface area (Å²) in [5.41, 5.74) is 0.998. The molecule has 0 aliphatic carbocycles. The van der Waals surface area contributed by atoms with Gasteiger partial charge in [0.2, 0.25) is 5.95 Å². The molecule has 1 aromatic carbocycles. The molecular weight excluding hydrogens is 256 g/mol. The first kappa shape index (κ1) is 13.8. The van der Waals surface area contributed by atoms with Crippen LogP contribution in [-0.4, -0.2) is 37.1 Å². The minimum Gasteiger partial charge on any atom is -0.496 e. The van der Waals surface area contributed by atoms with Crippen LogP contribution in [0.5, 0.6) is 5.75 Å². The Labute approximate surface area is 117 Å². The van der Waals surface area contributed by atoms with Crippen LogP contribution < -0.4 is 15.0 Å². The Hall–Kier alpha value is -2.63.